The van der Waals surface area contributed by atoms with E-state index in [1.54, 1.807) is 6.20 Å². The van der Waals surface area contributed by atoms with Gasteiger partial charge in [0, 0.05) is 38.4 Å². The molecule has 2 aliphatic heterocycles. The van der Waals surface area contributed by atoms with E-state index >= 15 is 0 Å². The third-order valence-electron chi connectivity index (χ3n) is 5.74. The fraction of sp³-hybridized carbons (Fsp3) is 0.429. The quantitative estimate of drug-likeness (QED) is 0.847. The fourth-order valence-corrected chi connectivity index (χ4v) is 4.21. The Kier molecular flexibility index (Phi) is 4.72. The summed E-state index contributed by atoms with van der Waals surface area (Å²) in [5, 5.41) is 0. The lowest BCUT2D eigenvalue weighted by molar-refractivity contribution is -0.128. The molecular formula is C21H24FN3O. The minimum Gasteiger partial charge on any atom is -0.338 e. The van der Waals surface area contributed by atoms with Crippen molar-refractivity contribution in [3.8, 4) is 0 Å². The van der Waals surface area contributed by atoms with Crippen LogP contribution in [-0.4, -0.2) is 40.3 Å². The highest BCUT2D eigenvalue weighted by molar-refractivity contribution is 5.79. The minimum atomic E-state index is -0.190. The number of piperidine rings is 1. The number of amides is 1. The van der Waals surface area contributed by atoms with Gasteiger partial charge >= 0.3 is 0 Å². The number of hydrogen-bond donors (Lipinski definition) is 0. The van der Waals surface area contributed by atoms with Gasteiger partial charge in [0.15, 0.2) is 0 Å². The number of hydrogen-bond acceptors (Lipinski definition) is 3. The number of carbonyl (C=O) groups excluding carboxylic acids is 1. The Hall–Kier alpha value is -2.27. The van der Waals surface area contributed by atoms with Crippen molar-refractivity contribution >= 4 is 5.91 Å². The number of pyridine rings is 1. The highest BCUT2D eigenvalue weighted by atomic mass is 19.1. The maximum atomic E-state index is 13.0. The second-order valence-corrected chi connectivity index (χ2v) is 7.69. The van der Waals surface area contributed by atoms with E-state index in [2.05, 4.69) is 9.88 Å². The van der Waals surface area contributed by atoms with E-state index in [0.717, 1.165) is 50.1 Å². The third-order valence-corrected chi connectivity index (χ3v) is 5.74. The topological polar surface area (TPSA) is 36.4 Å². The number of nitrogens with zero attached hydrogens (tertiary/aromatic N) is 3. The van der Waals surface area contributed by atoms with Crippen LogP contribution in [0.3, 0.4) is 0 Å². The molecule has 0 atom stereocenters. The summed E-state index contributed by atoms with van der Waals surface area (Å²) in [6, 6.07) is 10.7. The number of halogens is 1. The van der Waals surface area contributed by atoms with Crippen molar-refractivity contribution in [1.29, 1.82) is 0 Å². The van der Waals surface area contributed by atoms with Crippen LogP contribution in [0.15, 0.2) is 48.8 Å². The first-order chi connectivity index (χ1) is 12.6. The molecule has 0 aliphatic carbocycles. The van der Waals surface area contributed by atoms with Crippen LogP contribution < -0.4 is 0 Å². The van der Waals surface area contributed by atoms with Gasteiger partial charge in [-0.15, -0.1) is 0 Å². The average molecular weight is 353 g/mol. The number of rotatable bonds is 4. The maximum absolute atomic E-state index is 13.0. The van der Waals surface area contributed by atoms with Gasteiger partial charge in [-0.05, 0) is 60.7 Å². The summed E-state index contributed by atoms with van der Waals surface area (Å²) in [7, 11) is 0. The van der Waals surface area contributed by atoms with Gasteiger partial charge in [-0.25, -0.2) is 4.39 Å². The lowest BCUT2D eigenvalue weighted by Gasteiger charge is -2.38. The van der Waals surface area contributed by atoms with Crippen molar-refractivity contribution < 1.29 is 9.18 Å². The summed E-state index contributed by atoms with van der Waals surface area (Å²) >= 11 is 0. The van der Waals surface area contributed by atoms with E-state index in [-0.39, 0.29) is 17.1 Å². The van der Waals surface area contributed by atoms with Gasteiger partial charge in [0.1, 0.15) is 5.82 Å². The zero-order chi connectivity index (χ0) is 18.0. The smallest absolute Gasteiger partial charge is 0.223 e. The van der Waals surface area contributed by atoms with Crippen LogP contribution in [0.2, 0.25) is 0 Å². The molecule has 2 aliphatic rings. The van der Waals surface area contributed by atoms with Crippen LogP contribution in [0.25, 0.3) is 0 Å². The first-order valence-electron chi connectivity index (χ1n) is 9.25. The van der Waals surface area contributed by atoms with Crippen molar-refractivity contribution in [1.82, 2.24) is 14.8 Å². The van der Waals surface area contributed by atoms with Crippen LogP contribution >= 0.6 is 0 Å². The van der Waals surface area contributed by atoms with E-state index < -0.39 is 0 Å². The summed E-state index contributed by atoms with van der Waals surface area (Å²) in [6.45, 7) is 4.35. The highest BCUT2D eigenvalue weighted by Crippen LogP contribution is 2.41. The standard InChI is InChI=1S/C21H24FN3O/c22-19-5-3-17(4-6-19)14-24-10-7-21(8-11-24)12-20(26)25(16-21)15-18-2-1-9-23-13-18/h1-6,9,13H,7-8,10-12,14-16H2. The third kappa shape index (κ3) is 3.78. The van der Waals surface area contributed by atoms with Crippen molar-refractivity contribution in [3.63, 3.8) is 0 Å². The van der Waals surface area contributed by atoms with Crippen LogP contribution in [0, 0.1) is 11.2 Å². The molecule has 0 N–H and O–H groups in total. The summed E-state index contributed by atoms with van der Waals surface area (Å²) in [5.41, 5.74) is 2.35. The molecule has 0 saturated carbocycles. The molecule has 1 aromatic carbocycles. The SMILES string of the molecule is O=C1CC2(CCN(Cc3ccc(F)cc3)CC2)CN1Cc1cccnc1. The van der Waals surface area contributed by atoms with Crippen molar-refractivity contribution in [2.24, 2.45) is 5.41 Å². The van der Waals surface area contributed by atoms with Gasteiger partial charge in [0.25, 0.3) is 0 Å². The van der Waals surface area contributed by atoms with E-state index in [0.29, 0.717) is 13.0 Å². The number of aromatic nitrogens is 1. The Morgan fingerprint density at radius 3 is 2.50 bits per heavy atom. The molecule has 1 spiro atoms. The van der Waals surface area contributed by atoms with Crippen LogP contribution in [-0.2, 0) is 17.9 Å². The lowest BCUT2D eigenvalue weighted by atomic mass is 9.77. The van der Waals surface area contributed by atoms with Gasteiger partial charge in [0.2, 0.25) is 5.91 Å². The molecule has 2 saturated heterocycles. The molecule has 136 valence electrons. The van der Waals surface area contributed by atoms with Gasteiger partial charge < -0.3 is 4.90 Å². The van der Waals surface area contributed by atoms with Crippen molar-refractivity contribution in [2.75, 3.05) is 19.6 Å². The maximum Gasteiger partial charge on any atom is 0.223 e. The first kappa shape index (κ1) is 17.2. The summed E-state index contributed by atoms with van der Waals surface area (Å²) < 4.78 is 13.0. The fourth-order valence-electron chi connectivity index (χ4n) is 4.21. The zero-order valence-electron chi connectivity index (χ0n) is 14.9. The Labute approximate surface area is 153 Å². The second kappa shape index (κ2) is 7.16. The molecule has 4 rings (SSSR count). The average Bonchev–Trinajstić information content (AvgIpc) is 2.95. The van der Waals surface area contributed by atoms with E-state index in [9.17, 15) is 9.18 Å². The molecule has 26 heavy (non-hydrogen) atoms. The number of likely N-dealkylation sites (tertiary alicyclic amines) is 2. The molecule has 0 unspecified atom stereocenters. The minimum absolute atomic E-state index is 0.124. The van der Waals surface area contributed by atoms with E-state index in [4.69, 9.17) is 0 Å². The monoisotopic (exact) mass is 353 g/mol. The van der Waals surface area contributed by atoms with Gasteiger partial charge in [-0.2, -0.15) is 0 Å². The molecule has 5 heteroatoms. The molecule has 1 amide bonds. The predicted molar refractivity (Wildman–Crippen MR) is 97.6 cm³/mol. The zero-order valence-corrected chi connectivity index (χ0v) is 14.9. The van der Waals surface area contributed by atoms with E-state index in [1.807, 2.05) is 35.4 Å². The number of benzene rings is 1. The Morgan fingerprint density at radius 1 is 1.04 bits per heavy atom. The molecule has 2 fully saturated rings. The van der Waals surface area contributed by atoms with Crippen LogP contribution in [0.4, 0.5) is 4.39 Å². The van der Waals surface area contributed by atoms with Crippen LogP contribution in [0.5, 0.6) is 0 Å². The lowest BCUT2D eigenvalue weighted by Crippen LogP contribution is -2.41. The number of carbonyl (C=O) groups is 1. The molecule has 2 aromatic rings. The second-order valence-electron chi connectivity index (χ2n) is 7.69. The van der Waals surface area contributed by atoms with Crippen molar-refractivity contribution in [2.45, 2.75) is 32.4 Å². The molecular weight excluding hydrogens is 329 g/mol. The highest BCUT2D eigenvalue weighted by Gasteiger charge is 2.44. The summed E-state index contributed by atoms with van der Waals surface area (Å²) in [4.78, 5) is 21.1. The predicted octanol–water partition coefficient (Wildman–Crippen LogP) is 3.24. The largest absolute Gasteiger partial charge is 0.338 e. The van der Waals surface area contributed by atoms with Crippen molar-refractivity contribution in [3.05, 3.63) is 65.7 Å². The molecule has 0 radical (unpaired) electrons. The van der Waals surface area contributed by atoms with Crippen LogP contribution in [0.1, 0.15) is 30.4 Å². The molecule has 0 bridgehead atoms. The molecule has 3 heterocycles. The van der Waals surface area contributed by atoms with Gasteiger partial charge in [-0.1, -0.05) is 18.2 Å². The summed E-state index contributed by atoms with van der Waals surface area (Å²) in [6.07, 6.45) is 6.35. The van der Waals surface area contributed by atoms with E-state index in [1.165, 1.54) is 12.1 Å². The Bertz CT molecular complexity index is 755. The Morgan fingerprint density at radius 2 is 1.81 bits per heavy atom. The van der Waals surface area contributed by atoms with Gasteiger partial charge in [0.05, 0.1) is 0 Å². The first-order valence-corrected chi connectivity index (χ1v) is 9.25. The normalized spacial score (nSPS) is 20.0. The summed E-state index contributed by atoms with van der Waals surface area (Å²) in [5.74, 6) is 0.0744. The Balaban J connectivity index is 1.33. The molecule has 1 aromatic heterocycles. The molecule has 4 nitrogen and oxygen atoms in total. The van der Waals surface area contributed by atoms with Gasteiger partial charge in [-0.3, -0.25) is 14.7 Å².